The van der Waals surface area contributed by atoms with E-state index in [-0.39, 0.29) is 5.56 Å². The van der Waals surface area contributed by atoms with Crippen LogP contribution in [-0.4, -0.2) is 21.7 Å². The van der Waals surface area contributed by atoms with Crippen molar-refractivity contribution < 1.29 is 0 Å². The van der Waals surface area contributed by atoms with E-state index >= 15 is 0 Å². The minimum atomic E-state index is -0.0500. The number of thioether (sulfide) groups is 1. The van der Waals surface area contributed by atoms with Crippen LogP contribution >= 0.6 is 27.7 Å². The van der Waals surface area contributed by atoms with E-state index in [2.05, 4.69) is 50.1 Å². The number of hydrogen-bond donors (Lipinski definition) is 0. The van der Waals surface area contributed by atoms with Crippen molar-refractivity contribution in [2.24, 2.45) is 0 Å². The summed E-state index contributed by atoms with van der Waals surface area (Å²) in [6.07, 6.45) is 1.75. The standard InChI is InChI=1S/C17H14BrN3OS/c18-12-5-6-16-19-13(9-17(22)21(16)10-12)11-20-7-8-23-15-4-2-1-3-14(15)20/h1-6,9-10H,7-8,11H2. The summed E-state index contributed by atoms with van der Waals surface area (Å²) in [6.45, 7) is 1.61. The molecule has 0 amide bonds. The van der Waals surface area contributed by atoms with E-state index in [0.29, 0.717) is 12.2 Å². The Hall–Kier alpha value is -1.79. The van der Waals surface area contributed by atoms with Crippen LogP contribution in [0.1, 0.15) is 5.69 Å². The first-order valence-electron chi connectivity index (χ1n) is 7.35. The van der Waals surface area contributed by atoms with Crippen LogP contribution in [-0.2, 0) is 6.54 Å². The summed E-state index contributed by atoms with van der Waals surface area (Å²) in [5.74, 6) is 1.05. The molecule has 0 bridgehead atoms. The number of halogens is 1. The second kappa shape index (κ2) is 6.02. The first-order valence-corrected chi connectivity index (χ1v) is 9.13. The van der Waals surface area contributed by atoms with Crippen LogP contribution in [0.4, 0.5) is 5.69 Å². The molecule has 0 saturated carbocycles. The second-order valence-electron chi connectivity index (χ2n) is 5.40. The molecular formula is C17H14BrN3OS. The van der Waals surface area contributed by atoms with E-state index in [1.165, 1.54) is 10.6 Å². The summed E-state index contributed by atoms with van der Waals surface area (Å²) in [7, 11) is 0. The average Bonchev–Trinajstić information content (AvgIpc) is 2.56. The molecule has 0 radical (unpaired) electrons. The Morgan fingerprint density at radius 2 is 2.09 bits per heavy atom. The van der Waals surface area contributed by atoms with Crippen LogP contribution in [0.3, 0.4) is 0 Å². The topological polar surface area (TPSA) is 37.6 Å². The maximum Gasteiger partial charge on any atom is 0.258 e. The van der Waals surface area contributed by atoms with Gasteiger partial charge in [-0.15, -0.1) is 11.8 Å². The van der Waals surface area contributed by atoms with E-state index in [4.69, 9.17) is 0 Å². The fourth-order valence-electron chi connectivity index (χ4n) is 2.79. The maximum atomic E-state index is 12.3. The SMILES string of the molecule is O=c1cc(CN2CCSc3ccccc32)nc2ccc(Br)cn12. The molecule has 1 aromatic carbocycles. The lowest BCUT2D eigenvalue weighted by molar-refractivity contribution is 0.792. The van der Waals surface area contributed by atoms with Crippen LogP contribution in [0, 0.1) is 0 Å². The smallest absolute Gasteiger partial charge is 0.258 e. The lowest BCUT2D eigenvalue weighted by atomic mass is 10.2. The van der Waals surface area contributed by atoms with Gasteiger partial charge in [0.25, 0.3) is 5.56 Å². The molecule has 4 rings (SSSR count). The number of pyridine rings is 1. The number of anilines is 1. The van der Waals surface area contributed by atoms with Crippen LogP contribution in [0.15, 0.2) is 62.8 Å². The molecule has 23 heavy (non-hydrogen) atoms. The summed E-state index contributed by atoms with van der Waals surface area (Å²) in [6, 6.07) is 13.8. The molecular weight excluding hydrogens is 374 g/mol. The van der Waals surface area contributed by atoms with Crippen molar-refractivity contribution in [2.45, 2.75) is 11.4 Å². The minimum Gasteiger partial charge on any atom is -0.364 e. The number of hydrogen-bond acceptors (Lipinski definition) is 4. The molecule has 0 fully saturated rings. The summed E-state index contributed by atoms with van der Waals surface area (Å²) >= 11 is 5.26. The molecule has 3 aromatic rings. The molecule has 0 aliphatic carbocycles. The molecule has 116 valence electrons. The van der Waals surface area contributed by atoms with E-state index in [9.17, 15) is 4.79 Å². The van der Waals surface area contributed by atoms with E-state index < -0.39 is 0 Å². The van der Waals surface area contributed by atoms with Crippen molar-refractivity contribution >= 4 is 39.0 Å². The van der Waals surface area contributed by atoms with Gasteiger partial charge in [-0.2, -0.15) is 0 Å². The Morgan fingerprint density at radius 3 is 3.00 bits per heavy atom. The van der Waals surface area contributed by atoms with E-state index in [1.807, 2.05) is 23.9 Å². The van der Waals surface area contributed by atoms with Gasteiger partial charge in [0.1, 0.15) is 5.65 Å². The first kappa shape index (κ1) is 14.8. The predicted molar refractivity (Wildman–Crippen MR) is 97.4 cm³/mol. The van der Waals surface area contributed by atoms with Crippen LogP contribution in [0.25, 0.3) is 5.65 Å². The Bertz CT molecular complexity index is 941. The lowest BCUT2D eigenvalue weighted by Gasteiger charge is -2.30. The zero-order valence-corrected chi connectivity index (χ0v) is 14.7. The zero-order valence-electron chi connectivity index (χ0n) is 12.3. The molecule has 2 aromatic heterocycles. The van der Waals surface area contributed by atoms with Crippen molar-refractivity contribution in [3.05, 3.63) is 69.2 Å². The highest BCUT2D eigenvalue weighted by atomic mass is 79.9. The average molecular weight is 388 g/mol. The number of benzene rings is 1. The highest BCUT2D eigenvalue weighted by molar-refractivity contribution is 9.10. The molecule has 0 saturated heterocycles. The monoisotopic (exact) mass is 387 g/mol. The first-order chi connectivity index (χ1) is 11.2. The Labute approximate surface area is 146 Å². The number of para-hydroxylation sites is 1. The van der Waals surface area contributed by atoms with Crippen molar-refractivity contribution in [3.63, 3.8) is 0 Å². The van der Waals surface area contributed by atoms with Gasteiger partial charge >= 0.3 is 0 Å². The quantitative estimate of drug-likeness (QED) is 0.673. The highest BCUT2D eigenvalue weighted by Crippen LogP contribution is 2.34. The van der Waals surface area contributed by atoms with Gasteiger partial charge < -0.3 is 4.90 Å². The van der Waals surface area contributed by atoms with E-state index in [0.717, 1.165) is 22.5 Å². The number of aromatic nitrogens is 2. The lowest BCUT2D eigenvalue weighted by Crippen LogP contribution is -2.30. The Balaban J connectivity index is 1.72. The van der Waals surface area contributed by atoms with Gasteiger partial charge in [-0.05, 0) is 40.2 Å². The van der Waals surface area contributed by atoms with Crippen molar-refractivity contribution in [1.29, 1.82) is 0 Å². The van der Waals surface area contributed by atoms with Crippen LogP contribution < -0.4 is 10.5 Å². The Kier molecular flexibility index (Phi) is 3.87. The zero-order chi connectivity index (χ0) is 15.8. The minimum absolute atomic E-state index is 0.0500. The number of nitrogens with zero attached hydrogens (tertiary/aromatic N) is 3. The molecule has 3 heterocycles. The normalized spacial score (nSPS) is 14.0. The van der Waals surface area contributed by atoms with Crippen LogP contribution in [0.2, 0.25) is 0 Å². The molecule has 0 atom stereocenters. The molecule has 4 nitrogen and oxygen atoms in total. The van der Waals surface area contributed by atoms with Gasteiger partial charge in [-0.3, -0.25) is 9.20 Å². The van der Waals surface area contributed by atoms with Crippen molar-refractivity contribution in [3.8, 4) is 0 Å². The third kappa shape index (κ3) is 2.88. The largest absolute Gasteiger partial charge is 0.364 e. The summed E-state index contributed by atoms with van der Waals surface area (Å²) in [4.78, 5) is 20.5. The third-order valence-corrected chi connectivity index (χ3v) is 5.37. The highest BCUT2D eigenvalue weighted by Gasteiger charge is 2.17. The summed E-state index contributed by atoms with van der Waals surface area (Å²) in [5, 5.41) is 0. The van der Waals surface area contributed by atoms with Crippen LogP contribution in [0.5, 0.6) is 0 Å². The van der Waals surface area contributed by atoms with E-state index in [1.54, 1.807) is 16.7 Å². The summed E-state index contributed by atoms with van der Waals surface area (Å²) < 4.78 is 2.43. The Morgan fingerprint density at radius 1 is 1.22 bits per heavy atom. The van der Waals surface area contributed by atoms with Gasteiger partial charge in [-0.1, -0.05) is 12.1 Å². The number of rotatable bonds is 2. The van der Waals surface area contributed by atoms with Gasteiger partial charge in [0.15, 0.2) is 0 Å². The fourth-order valence-corrected chi connectivity index (χ4v) is 4.18. The van der Waals surface area contributed by atoms with Gasteiger partial charge in [-0.25, -0.2) is 4.98 Å². The predicted octanol–water partition coefficient (Wildman–Crippen LogP) is 3.57. The third-order valence-electron chi connectivity index (χ3n) is 3.85. The fraction of sp³-hybridized carbons (Fsp3) is 0.176. The second-order valence-corrected chi connectivity index (χ2v) is 7.45. The molecule has 1 aliphatic rings. The van der Waals surface area contributed by atoms with Crippen molar-refractivity contribution in [2.75, 3.05) is 17.2 Å². The molecule has 0 unspecified atom stereocenters. The molecule has 1 aliphatic heterocycles. The van der Waals surface area contributed by atoms with Crippen molar-refractivity contribution in [1.82, 2.24) is 9.38 Å². The maximum absolute atomic E-state index is 12.3. The van der Waals surface area contributed by atoms with Gasteiger partial charge in [0.2, 0.25) is 0 Å². The van der Waals surface area contributed by atoms with Gasteiger partial charge in [0.05, 0.1) is 17.9 Å². The molecule has 6 heteroatoms. The molecule has 0 spiro atoms. The summed E-state index contributed by atoms with van der Waals surface area (Å²) in [5.41, 5.74) is 2.65. The molecule has 0 N–H and O–H groups in total. The van der Waals surface area contributed by atoms with Gasteiger partial charge in [0, 0.05) is 33.9 Å². The number of fused-ring (bicyclic) bond motifs is 2.